The van der Waals surface area contributed by atoms with E-state index in [9.17, 15) is 4.79 Å². The van der Waals surface area contributed by atoms with E-state index in [1.807, 2.05) is 14.5 Å². The fourth-order valence-electron chi connectivity index (χ4n) is 4.79. The Morgan fingerprint density at radius 3 is 2.39 bits per heavy atom. The van der Waals surface area contributed by atoms with E-state index < -0.39 is 0 Å². The first-order chi connectivity index (χ1) is 16.0. The van der Waals surface area contributed by atoms with E-state index in [4.69, 9.17) is 0 Å². The van der Waals surface area contributed by atoms with Crippen molar-refractivity contribution in [1.82, 2.24) is 25.1 Å². The zero-order chi connectivity index (χ0) is 22.9. The molecule has 33 heavy (non-hydrogen) atoms. The third kappa shape index (κ3) is 4.15. The number of carbonyl (C=O) groups excluding carboxylic acids is 1. The van der Waals surface area contributed by atoms with Crippen molar-refractivity contribution < 1.29 is 4.79 Å². The van der Waals surface area contributed by atoms with E-state index in [-0.39, 0.29) is 24.5 Å². The highest BCUT2D eigenvalue weighted by molar-refractivity contribution is 5.89. The molecule has 0 spiro atoms. The molecule has 7 nitrogen and oxygen atoms in total. The number of benzene rings is 2. The molecule has 2 aliphatic heterocycles. The number of fused-ring (bicyclic) bond motifs is 1. The maximum Gasteiger partial charge on any atom is 0.251 e. The molecule has 0 unspecified atom stereocenters. The number of anilines is 1. The number of aryl methyl sites for hydroxylation is 2. The van der Waals surface area contributed by atoms with E-state index in [2.05, 4.69) is 90.9 Å². The molecule has 2 aromatic carbocycles. The second-order valence-corrected chi connectivity index (χ2v) is 9.21. The first-order valence-electron chi connectivity index (χ1n) is 11.7. The Balaban J connectivity index is 1.56. The number of nitrogens with zero attached hydrogens (tertiary/aromatic N) is 6. The highest BCUT2D eigenvalue weighted by Crippen LogP contribution is 2.36. The molecule has 2 atom stereocenters. The standard InChI is InChI=1S/C26H30N6O/c1-18-7-11-21(12-8-18)23-16-24(22-13-9-19(2)10-14-22)32-26(27-28-29-32)31(23)17-25(33)30-15-5-4-6-20(30)3/h7-14,16,20,24H,4-6,15,17H2,1-3H3/t20-,24+/m1/s1. The first kappa shape index (κ1) is 21.4. The van der Waals surface area contributed by atoms with Crippen molar-refractivity contribution in [2.24, 2.45) is 0 Å². The van der Waals surface area contributed by atoms with E-state index in [1.54, 1.807) is 0 Å². The predicted octanol–water partition coefficient (Wildman–Crippen LogP) is 4.14. The molecule has 3 heterocycles. The number of rotatable bonds is 4. The number of allylic oxidation sites excluding steroid dienone is 1. The number of hydrogen-bond acceptors (Lipinski definition) is 5. The van der Waals surface area contributed by atoms with Gasteiger partial charge in [-0.05, 0) is 67.7 Å². The smallest absolute Gasteiger partial charge is 0.251 e. The minimum absolute atomic E-state index is 0.114. The average Bonchev–Trinajstić information content (AvgIpc) is 3.31. The average molecular weight is 443 g/mol. The van der Waals surface area contributed by atoms with Crippen LogP contribution in [0, 0.1) is 13.8 Å². The Labute approximate surface area is 194 Å². The SMILES string of the molecule is Cc1ccc(C2=C[C@@H](c3ccc(C)cc3)n3nnnc3N2CC(=O)N2CCCC[C@H]2C)cc1. The predicted molar refractivity (Wildman–Crippen MR) is 129 cm³/mol. The third-order valence-corrected chi connectivity index (χ3v) is 6.77. The molecule has 1 fully saturated rings. The molecule has 7 heteroatoms. The highest BCUT2D eigenvalue weighted by Gasteiger charge is 2.34. The highest BCUT2D eigenvalue weighted by atomic mass is 16.2. The van der Waals surface area contributed by atoms with Crippen LogP contribution in [0.15, 0.2) is 54.6 Å². The van der Waals surface area contributed by atoms with Crippen LogP contribution in [0.4, 0.5) is 5.95 Å². The summed E-state index contributed by atoms with van der Waals surface area (Å²) >= 11 is 0. The molecule has 1 aromatic heterocycles. The minimum atomic E-state index is -0.146. The molecule has 0 aliphatic carbocycles. The van der Waals surface area contributed by atoms with Crippen LogP contribution in [0.25, 0.3) is 5.70 Å². The molecule has 2 aliphatic rings. The maximum absolute atomic E-state index is 13.4. The van der Waals surface area contributed by atoms with E-state index in [0.717, 1.165) is 36.2 Å². The summed E-state index contributed by atoms with van der Waals surface area (Å²) in [5.41, 5.74) is 5.51. The van der Waals surface area contributed by atoms with Gasteiger partial charge < -0.3 is 4.90 Å². The number of likely N-dealkylation sites (tertiary alicyclic amines) is 1. The summed E-state index contributed by atoms with van der Waals surface area (Å²) in [5.74, 6) is 0.709. The monoisotopic (exact) mass is 442 g/mol. The van der Waals surface area contributed by atoms with Crippen molar-refractivity contribution >= 4 is 17.6 Å². The van der Waals surface area contributed by atoms with Gasteiger partial charge in [-0.2, -0.15) is 4.68 Å². The van der Waals surface area contributed by atoms with Crippen molar-refractivity contribution in [3.05, 3.63) is 76.9 Å². The van der Waals surface area contributed by atoms with Crippen molar-refractivity contribution in [1.29, 1.82) is 0 Å². The summed E-state index contributed by atoms with van der Waals surface area (Å²) in [7, 11) is 0. The minimum Gasteiger partial charge on any atom is -0.338 e. The zero-order valence-electron chi connectivity index (χ0n) is 19.5. The van der Waals surface area contributed by atoms with Crippen molar-refractivity contribution in [2.75, 3.05) is 18.0 Å². The van der Waals surface area contributed by atoms with Crippen LogP contribution in [0.1, 0.15) is 54.5 Å². The summed E-state index contributed by atoms with van der Waals surface area (Å²) in [5, 5.41) is 12.7. The van der Waals surface area contributed by atoms with Gasteiger partial charge in [0.05, 0.1) is 5.70 Å². The number of piperidine rings is 1. The van der Waals surface area contributed by atoms with Gasteiger partial charge in [-0.3, -0.25) is 9.69 Å². The summed E-state index contributed by atoms with van der Waals surface area (Å²) in [6, 6.07) is 17.0. The van der Waals surface area contributed by atoms with Gasteiger partial charge in [0.15, 0.2) is 0 Å². The molecule has 5 rings (SSSR count). The first-order valence-corrected chi connectivity index (χ1v) is 11.7. The molecule has 0 bridgehead atoms. The molecular formula is C26H30N6O. The van der Waals surface area contributed by atoms with Gasteiger partial charge in [-0.1, -0.05) is 64.8 Å². The van der Waals surface area contributed by atoms with Crippen LogP contribution in [0.2, 0.25) is 0 Å². The van der Waals surface area contributed by atoms with Gasteiger partial charge in [-0.25, -0.2) is 0 Å². The Kier molecular flexibility index (Phi) is 5.70. The number of carbonyl (C=O) groups is 1. The Morgan fingerprint density at radius 2 is 1.70 bits per heavy atom. The molecule has 0 N–H and O–H groups in total. The van der Waals surface area contributed by atoms with Crippen LogP contribution in [0.3, 0.4) is 0 Å². The molecule has 0 radical (unpaired) electrons. The number of amides is 1. The van der Waals surface area contributed by atoms with Gasteiger partial charge >= 0.3 is 0 Å². The largest absolute Gasteiger partial charge is 0.338 e. The topological polar surface area (TPSA) is 67.2 Å². The number of aromatic nitrogens is 4. The fourth-order valence-corrected chi connectivity index (χ4v) is 4.79. The lowest BCUT2D eigenvalue weighted by molar-refractivity contribution is -0.132. The van der Waals surface area contributed by atoms with Gasteiger partial charge in [-0.15, -0.1) is 0 Å². The van der Waals surface area contributed by atoms with E-state index >= 15 is 0 Å². The van der Waals surface area contributed by atoms with Crippen LogP contribution in [-0.2, 0) is 4.79 Å². The molecule has 0 saturated carbocycles. The lowest BCUT2D eigenvalue weighted by Crippen LogP contribution is -2.47. The van der Waals surface area contributed by atoms with Crippen molar-refractivity contribution in [3.63, 3.8) is 0 Å². The van der Waals surface area contributed by atoms with Crippen LogP contribution in [0.5, 0.6) is 0 Å². The Bertz CT molecular complexity index is 1160. The summed E-state index contributed by atoms with van der Waals surface area (Å²) in [6.07, 6.45) is 5.47. The molecule has 3 aromatic rings. The lowest BCUT2D eigenvalue weighted by Gasteiger charge is -2.37. The van der Waals surface area contributed by atoms with Crippen LogP contribution < -0.4 is 4.90 Å². The quantitative estimate of drug-likeness (QED) is 0.607. The van der Waals surface area contributed by atoms with Crippen molar-refractivity contribution in [2.45, 2.75) is 52.1 Å². The van der Waals surface area contributed by atoms with Crippen LogP contribution >= 0.6 is 0 Å². The van der Waals surface area contributed by atoms with E-state index in [0.29, 0.717) is 5.95 Å². The molecule has 170 valence electrons. The summed E-state index contributed by atoms with van der Waals surface area (Å²) in [4.78, 5) is 17.4. The fraction of sp³-hybridized carbons (Fsp3) is 0.385. The Morgan fingerprint density at radius 1 is 1.00 bits per heavy atom. The van der Waals surface area contributed by atoms with Gasteiger partial charge in [0.25, 0.3) is 5.95 Å². The van der Waals surface area contributed by atoms with Crippen molar-refractivity contribution in [3.8, 4) is 0 Å². The van der Waals surface area contributed by atoms with Gasteiger partial charge in [0, 0.05) is 12.6 Å². The van der Waals surface area contributed by atoms with E-state index in [1.165, 1.54) is 17.5 Å². The van der Waals surface area contributed by atoms with Gasteiger partial charge in [0.1, 0.15) is 12.6 Å². The third-order valence-electron chi connectivity index (χ3n) is 6.77. The second-order valence-electron chi connectivity index (χ2n) is 9.21. The maximum atomic E-state index is 13.4. The summed E-state index contributed by atoms with van der Waals surface area (Å²) in [6.45, 7) is 7.32. The van der Waals surface area contributed by atoms with Gasteiger partial charge in [0.2, 0.25) is 5.91 Å². The molecule has 1 saturated heterocycles. The second kappa shape index (κ2) is 8.81. The Hall–Kier alpha value is -3.48. The molecule has 1 amide bonds. The lowest BCUT2D eigenvalue weighted by atomic mass is 9.99. The number of tetrazole rings is 1. The van der Waals surface area contributed by atoms with Crippen LogP contribution in [-0.4, -0.2) is 50.1 Å². The zero-order valence-corrected chi connectivity index (χ0v) is 19.5. The summed E-state index contributed by atoms with van der Waals surface area (Å²) < 4.78 is 1.81. The number of hydrogen-bond donors (Lipinski definition) is 0. The normalized spacial score (nSPS) is 20.4. The molecular weight excluding hydrogens is 412 g/mol.